The Hall–Kier alpha value is -2.36. The van der Waals surface area contributed by atoms with Crippen LogP contribution in [0.2, 0.25) is 0 Å². The summed E-state index contributed by atoms with van der Waals surface area (Å²) in [6, 6.07) is 13.6. The van der Waals surface area contributed by atoms with Crippen molar-refractivity contribution in [3.05, 3.63) is 42.5 Å². The molecule has 2 rings (SSSR count). The lowest BCUT2D eigenvalue weighted by molar-refractivity contribution is 0.131. The fraction of sp³-hybridized carbons (Fsp3) is 0.333. The van der Waals surface area contributed by atoms with Crippen molar-refractivity contribution in [3.8, 4) is 17.2 Å². The topological polar surface area (TPSA) is 39.7 Å². The van der Waals surface area contributed by atoms with E-state index in [1.165, 1.54) is 0 Å². The van der Waals surface area contributed by atoms with Crippen LogP contribution in [0.4, 0.5) is 11.4 Å². The molecule has 0 amide bonds. The first-order valence-corrected chi connectivity index (χ1v) is 7.19. The van der Waals surface area contributed by atoms with Gasteiger partial charge in [-0.2, -0.15) is 0 Å². The third-order valence-corrected chi connectivity index (χ3v) is 2.95. The Morgan fingerprint density at radius 3 is 1.91 bits per heavy atom. The minimum Gasteiger partial charge on any atom is -0.493 e. The van der Waals surface area contributed by atoms with Gasteiger partial charge in [0.25, 0.3) is 0 Å². The summed E-state index contributed by atoms with van der Waals surface area (Å²) < 4.78 is 16.3. The molecule has 0 fully saturated rings. The fourth-order valence-electron chi connectivity index (χ4n) is 2.04. The van der Waals surface area contributed by atoms with Crippen molar-refractivity contribution < 1.29 is 14.2 Å². The molecule has 0 aromatic heterocycles. The number of methoxy groups -OCH3 is 2. The normalized spacial score (nSPS) is 11.0. The van der Waals surface area contributed by atoms with Gasteiger partial charge in [0.1, 0.15) is 11.4 Å². The summed E-state index contributed by atoms with van der Waals surface area (Å²) in [4.78, 5) is 0. The first-order valence-electron chi connectivity index (χ1n) is 7.19. The largest absolute Gasteiger partial charge is 0.493 e. The lowest BCUT2D eigenvalue weighted by atomic mass is 10.2. The SMILES string of the molecule is COc1ccc(Nc2ccc(OC(C)(C)C)cc2)cc1OC. The summed E-state index contributed by atoms with van der Waals surface area (Å²) in [5.41, 5.74) is 1.72. The van der Waals surface area contributed by atoms with Gasteiger partial charge in [-0.05, 0) is 57.2 Å². The van der Waals surface area contributed by atoms with Crippen LogP contribution in [-0.2, 0) is 0 Å². The smallest absolute Gasteiger partial charge is 0.162 e. The average molecular weight is 301 g/mol. The first-order chi connectivity index (χ1) is 10.4. The highest BCUT2D eigenvalue weighted by Gasteiger charge is 2.11. The van der Waals surface area contributed by atoms with Crippen LogP contribution in [0, 0.1) is 0 Å². The average Bonchev–Trinajstić information content (AvgIpc) is 2.47. The summed E-state index contributed by atoms with van der Waals surface area (Å²) in [6.45, 7) is 6.09. The molecule has 0 saturated carbocycles. The molecule has 0 saturated heterocycles. The lowest BCUT2D eigenvalue weighted by Crippen LogP contribution is -2.22. The summed E-state index contributed by atoms with van der Waals surface area (Å²) in [5, 5.41) is 3.33. The maximum absolute atomic E-state index is 5.81. The second-order valence-electron chi connectivity index (χ2n) is 5.93. The molecule has 22 heavy (non-hydrogen) atoms. The molecule has 0 aliphatic rings. The van der Waals surface area contributed by atoms with Gasteiger partial charge in [-0.3, -0.25) is 0 Å². The van der Waals surface area contributed by atoms with E-state index in [9.17, 15) is 0 Å². The summed E-state index contributed by atoms with van der Waals surface area (Å²) in [7, 11) is 3.25. The third kappa shape index (κ3) is 4.32. The fourth-order valence-corrected chi connectivity index (χ4v) is 2.04. The quantitative estimate of drug-likeness (QED) is 0.874. The monoisotopic (exact) mass is 301 g/mol. The maximum atomic E-state index is 5.81. The van der Waals surface area contributed by atoms with E-state index in [1.54, 1.807) is 14.2 Å². The molecule has 0 unspecified atom stereocenters. The molecule has 1 N–H and O–H groups in total. The molecular weight excluding hydrogens is 278 g/mol. The van der Waals surface area contributed by atoms with Crippen LogP contribution in [0.3, 0.4) is 0 Å². The van der Waals surface area contributed by atoms with E-state index in [0.717, 1.165) is 17.1 Å². The first kappa shape index (κ1) is 16.0. The number of hydrogen-bond donors (Lipinski definition) is 1. The highest BCUT2D eigenvalue weighted by atomic mass is 16.5. The van der Waals surface area contributed by atoms with Crippen LogP contribution in [0.15, 0.2) is 42.5 Å². The minimum absolute atomic E-state index is 0.196. The zero-order valence-corrected chi connectivity index (χ0v) is 13.8. The van der Waals surface area contributed by atoms with Crippen LogP contribution in [0.1, 0.15) is 20.8 Å². The number of nitrogens with one attached hydrogen (secondary N) is 1. The molecule has 2 aromatic rings. The molecule has 118 valence electrons. The number of hydrogen-bond acceptors (Lipinski definition) is 4. The molecular formula is C18H23NO3. The standard InChI is InChI=1S/C18H23NO3/c1-18(2,3)22-15-9-6-13(7-10-15)19-14-8-11-16(20-4)17(12-14)21-5/h6-12,19H,1-5H3. The van der Waals surface area contributed by atoms with Gasteiger partial charge < -0.3 is 19.5 Å². The van der Waals surface area contributed by atoms with Crippen molar-refractivity contribution in [1.29, 1.82) is 0 Å². The molecule has 0 atom stereocenters. The van der Waals surface area contributed by atoms with Crippen molar-refractivity contribution in [1.82, 2.24) is 0 Å². The van der Waals surface area contributed by atoms with Crippen molar-refractivity contribution in [2.45, 2.75) is 26.4 Å². The van der Waals surface area contributed by atoms with Gasteiger partial charge >= 0.3 is 0 Å². The molecule has 4 heteroatoms. The van der Waals surface area contributed by atoms with Crippen molar-refractivity contribution in [3.63, 3.8) is 0 Å². The van der Waals surface area contributed by atoms with Gasteiger partial charge in [-0.25, -0.2) is 0 Å². The molecule has 2 aromatic carbocycles. The van der Waals surface area contributed by atoms with E-state index in [1.807, 2.05) is 63.2 Å². The molecule has 0 aliphatic carbocycles. The van der Waals surface area contributed by atoms with Crippen molar-refractivity contribution in [2.24, 2.45) is 0 Å². The number of ether oxygens (including phenoxy) is 3. The van der Waals surface area contributed by atoms with Crippen LogP contribution in [-0.4, -0.2) is 19.8 Å². The molecule has 0 bridgehead atoms. The molecule has 0 aliphatic heterocycles. The van der Waals surface area contributed by atoms with Gasteiger partial charge in [-0.1, -0.05) is 0 Å². The number of rotatable bonds is 5. The molecule has 0 heterocycles. The van der Waals surface area contributed by atoms with Gasteiger partial charge in [0.15, 0.2) is 11.5 Å². The van der Waals surface area contributed by atoms with Gasteiger partial charge in [0.05, 0.1) is 14.2 Å². The van der Waals surface area contributed by atoms with Gasteiger partial charge in [0, 0.05) is 17.4 Å². The van der Waals surface area contributed by atoms with E-state index < -0.39 is 0 Å². The Morgan fingerprint density at radius 2 is 1.36 bits per heavy atom. The summed E-state index contributed by atoms with van der Waals surface area (Å²) in [5.74, 6) is 2.26. The Balaban J connectivity index is 2.11. The Labute approximate surface area is 132 Å². The molecule has 0 radical (unpaired) electrons. The van der Waals surface area contributed by atoms with Crippen LogP contribution in [0.25, 0.3) is 0 Å². The zero-order valence-electron chi connectivity index (χ0n) is 13.8. The second-order valence-corrected chi connectivity index (χ2v) is 5.93. The third-order valence-electron chi connectivity index (χ3n) is 2.95. The lowest BCUT2D eigenvalue weighted by Gasteiger charge is -2.21. The Bertz CT molecular complexity index is 615. The molecule has 4 nitrogen and oxygen atoms in total. The number of anilines is 2. The van der Waals surface area contributed by atoms with Gasteiger partial charge in [-0.15, -0.1) is 0 Å². The summed E-state index contributed by atoms with van der Waals surface area (Å²) in [6.07, 6.45) is 0. The highest BCUT2D eigenvalue weighted by Crippen LogP contribution is 2.31. The zero-order chi connectivity index (χ0) is 16.2. The predicted molar refractivity (Wildman–Crippen MR) is 89.7 cm³/mol. The highest BCUT2D eigenvalue weighted by molar-refractivity contribution is 5.64. The predicted octanol–water partition coefficient (Wildman–Crippen LogP) is 4.62. The van der Waals surface area contributed by atoms with E-state index in [2.05, 4.69) is 5.32 Å². The minimum atomic E-state index is -0.196. The van der Waals surface area contributed by atoms with Crippen LogP contribution >= 0.6 is 0 Å². The van der Waals surface area contributed by atoms with Crippen molar-refractivity contribution in [2.75, 3.05) is 19.5 Å². The Kier molecular flexibility index (Phi) is 4.81. The van der Waals surface area contributed by atoms with E-state index >= 15 is 0 Å². The van der Waals surface area contributed by atoms with Crippen LogP contribution in [0.5, 0.6) is 17.2 Å². The van der Waals surface area contributed by atoms with E-state index in [0.29, 0.717) is 11.5 Å². The summed E-state index contributed by atoms with van der Waals surface area (Å²) >= 11 is 0. The second kappa shape index (κ2) is 6.60. The van der Waals surface area contributed by atoms with Crippen LogP contribution < -0.4 is 19.5 Å². The van der Waals surface area contributed by atoms with E-state index in [4.69, 9.17) is 14.2 Å². The van der Waals surface area contributed by atoms with Gasteiger partial charge in [0.2, 0.25) is 0 Å². The van der Waals surface area contributed by atoms with E-state index in [-0.39, 0.29) is 5.60 Å². The maximum Gasteiger partial charge on any atom is 0.162 e. The molecule has 0 spiro atoms. The number of benzene rings is 2. The van der Waals surface area contributed by atoms with Crippen molar-refractivity contribution >= 4 is 11.4 Å². The Morgan fingerprint density at radius 1 is 0.773 bits per heavy atom.